The Morgan fingerprint density at radius 2 is 1.31 bits per heavy atom. The van der Waals surface area contributed by atoms with Crippen LogP contribution < -0.4 is 0 Å². The van der Waals surface area contributed by atoms with E-state index in [1.807, 2.05) is 0 Å². The molecule has 0 heterocycles. The molecule has 1 rings (SSSR count). The van der Waals surface area contributed by atoms with Crippen LogP contribution in [0.1, 0.15) is 25.7 Å². The maximum absolute atomic E-state index is 11.1. The summed E-state index contributed by atoms with van der Waals surface area (Å²) in [7, 11) is 0. The van der Waals surface area contributed by atoms with E-state index in [4.69, 9.17) is 9.47 Å². The van der Waals surface area contributed by atoms with E-state index in [-0.39, 0.29) is 35.7 Å². The second-order valence-corrected chi connectivity index (χ2v) is 4.29. The van der Waals surface area contributed by atoms with E-state index in [0.717, 1.165) is 25.7 Å². The molecular formula is C10H16O4S2. The van der Waals surface area contributed by atoms with Crippen molar-refractivity contribution in [3.8, 4) is 0 Å². The van der Waals surface area contributed by atoms with Gasteiger partial charge >= 0.3 is 11.9 Å². The topological polar surface area (TPSA) is 52.6 Å². The minimum atomic E-state index is -0.373. The molecule has 0 aliphatic heterocycles. The number of hydrogen-bond donors (Lipinski definition) is 2. The van der Waals surface area contributed by atoms with Crippen LogP contribution in [0.5, 0.6) is 0 Å². The molecule has 1 aliphatic rings. The standard InChI is InChI=1S/C10H16O4S2/c11-9(5-15)13-7-3-1-2-4-8(7)14-10(12)6-16/h7-8,15-16H,1-6H2/t7-,8-/m0/s1. The molecule has 0 amide bonds. The Hall–Kier alpha value is -0.360. The minimum absolute atomic E-state index is 0.0454. The van der Waals surface area contributed by atoms with Crippen molar-refractivity contribution < 1.29 is 19.1 Å². The number of esters is 2. The highest BCUT2D eigenvalue weighted by atomic mass is 32.1. The molecule has 0 radical (unpaired) electrons. The van der Waals surface area contributed by atoms with Crippen LogP contribution in [-0.4, -0.2) is 35.7 Å². The van der Waals surface area contributed by atoms with Crippen molar-refractivity contribution in [2.24, 2.45) is 0 Å². The maximum atomic E-state index is 11.1. The first-order valence-corrected chi connectivity index (χ1v) is 6.54. The predicted molar refractivity (Wildman–Crippen MR) is 65.9 cm³/mol. The average Bonchev–Trinajstić information content (AvgIpc) is 2.31. The van der Waals surface area contributed by atoms with Crippen LogP contribution in [0.2, 0.25) is 0 Å². The molecule has 2 atom stereocenters. The van der Waals surface area contributed by atoms with E-state index >= 15 is 0 Å². The molecule has 4 nitrogen and oxygen atoms in total. The largest absolute Gasteiger partial charge is 0.458 e. The number of carbonyl (C=O) groups is 2. The van der Waals surface area contributed by atoms with Crippen LogP contribution in [0.4, 0.5) is 0 Å². The summed E-state index contributed by atoms with van der Waals surface area (Å²) in [5, 5.41) is 0. The van der Waals surface area contributed by atoms with Gasteiger partial charge in [-0.05, 0) is 25.7 Å². The van der Waals surface area contributed by atoms with Gasteiger partial charge < -0.3 is 9.47 Å². The fourth-order valence-electron chi connectivity index (χ4n) is 1.74. The van der Waals surface area contributed by atoms with Crippen LogP contribution in [0.25, 0.3) is 0 Å². The highest BCUT2D eigenvalue weighted by Crippen LogP contribution is 2.24. The Morgan fingerprint density at radius 1 is 0.938 bits per heavy atom. The van der Waals surface area contributed by atoms with Crippen LogP contribution >= 0.6 is 25.3 Å². The Balaban J connectivity index is 2.49. The number of carbonyl (C=O) groups excluding carboxylic acids is 2. The summed E-state index contributed by atoms with van der Waals surface area (Å²) in [6, 6.07) is 0. The quantitative estimate of drug-likeness (QED) is 0.592. The first kappa shape index (κ1) is 13.7. The lowest BCUT2D eigenvalue weighted by Gasteiger charge is -2.30. The Bertz CT molecular complexity index is 231. The van der Waals surface area contributed by atoms with Crippen LogP contribution in [-0.2, 0) is 19.1 Å². The van der Waals surface area contributed by atoms with Gasteiger partial charge in [-0.15, -0.1) is 0 Å². The van der Waals surface area contributed by atoms with E-state index in [1.165, 1.54) is 0 Å². The van der Waals surface area contributed by atoms with Crippen molar-refractivity contribution in [1.82, 2.24) is 0 Å². The van der Waals surface area contributed by atoms with Crippen molar-refractivity contribution in [1.29, 1.82) is 0 Å². The van der Waals surface area contributed by atoms with Crippen molar-refractivity contribution in [3.05, 3.63) is 0 Å². The molecule has 16 heavy (non-hydrogen) atoms. The molecule has 6 heteroatoms. The molecule has 0 saturated heterocycles. The average molecular weight is 264 g/mol. The van der Waals surface area contributed by atoms with Crippen LogP contribution in [0, 0.1) is 0 Å². The molecule has 1 saturated carbocycles. The molecule has 1 fully saturated rings. The monoisotopic (exact) mass is 264 g/mol. The maximum Gasteiger partial charge on any atom is 0.316 e. The molecular weight excluding hydrogens is 248 g/mol. The summed E-state index contributed by atoms with van der Waals surface area (Å²) in [4.78, 5) is 22.3. The van der Waals surface area contributed by atoms with Gasteiger partial charge in [0, 0.05) is 0 Å². The molecule has 92 valence electrons. The fraction of sp³-hybridized carbons (Fsp3) is 0.800. The third-order valence-corrected chi connectivity index (χ3v) is 2.98. The van der Waals surface area contributed by atoms with Crippen molar-refractivity contribution >= 4 is 37.2 Å². The Kier molecular flexibility index (Phi) is 6.05. The summed E-state index contributed by atoms with van der Waals surface area (Å²) in [6.45, 7) is 0. The molecule has 0 unspecified atom stereocenters. The van der Waals surface area contributed by atoms with Gasteiger partial charge in [0.05, 0.1) is 11.5 Å². The van der Waals surface area contributed by atoms with E-state index in [0.29, 0.717) is 0 Å². The fourth-order valence-corrected chi connectivity index (χ4v) is 1.89. The summed E-state index contributed by atoms with van der Waals surface area (Å²) >= 11 is 7.68. The van der Waals surface area contributed by atoms with Crippen LogP contribution in [0.15, 0.2) is 0 Å². The third kappa shape index (κ3) is 4.25. The normalized spacial score (nSPS) is 24.9. The predicted octanol–water partition coefficient (Wildman–Crippen LogP) is 1.24. The number of ether oxygens (including phenoxy) is 2. The summed E-state index contributed by atoms with van der Waals surface area (Å²) in [5.41, 5.74) is 0. The van der Waals surface area contributed by atoms with Crippen LogP contribution in [0.3, 0.4) is 0 Å². The first-order valence-electron chi connectivity index (χ1n) is 5.28. The second-order valence-electron chi connectivity index (χ2n) is 3.66. The van der Waals surface area contributed by atoms with Gasteiger partial charge in [-0.25, -0.2) is 0 Å². The van der Waals surface area contributed by atoms with Gasteiger partial charge in [-0.1, -0.05) is 0 Å². The Labute approximate surface area is 106 Å². The van der Waals surface area contributed by atoms with E-state index in [1.54, 1.807) is 0 Å². The lowest BCUT2D eigenvalue weighted by atomic mass is 9.94. The van der Waals surface area contributed by atoms with E-state index < -0.39 is 0 Å². The van der Waals surface area contributed by atoms with E-state index in [2.05, 4.69) is 25.3 Å². The summed E-state index contributed by atoms with van der Waals surface area (Å²) in [5.74, 6) is -0.655. The molecule has 0 aromatic carbocycles. The molecule has 0 aromatic heterocycles. The van der Waals surface area contributed by atoms with Crippen molar-refractivity contribution in [2.45, 2.75) is 37.9 Å². The Morgan fingerprint density at radius 3 is 1.62 bits per heavy atom. The molecule has 0 N–H and O–H groups in total. The highest BCUT2D eigenvalue weighted by molar-refractivity contribution is 7.81. The number of rotatable bonds is 4. The molecule has 0 aromatic rings. The van der Waals surface area contributed by atoms with Gasteiger partial charge in [0.2, 0.25) is 0 Å². The number of hydrogen-bond acceptors (Lipinski definition) is 6. The summed E-state index contributed by atoms with van der Waals surface area (Å²) < 4.78 is 10.4. The lowest BCUT2D eigenvalue weighted by Crippen LogP contribution is -2.38. The smallest absolute Gasteiger partial charge is 0.316 e. The zero-order chi connectivity index (χ0) is 12.0. The minimum Gasteiger partial charge on any atom is -0.458 e. The number of thiol groups is 2. The van der Waals surface area contributed by atoms with Gasteiger partial charge in [-0.3, -0.25) is 9.59 Å². The lowest BCUT2D eigenvalue weighted by molar-refractivity contribution is -0.168. The SMILES string of the molecule is O=C(CS)O[C@H]1CCCC[C@@H]1OC(=O)CS. The highest BCUT2D eigenvalue weighted by Gasteiger charge is 2.30. The van der Waals surface area contributed by atoms with Crippen molar-refractivity contribution in [3.63, 3.8) is 0 Å². The van der Waals surface area contributed by atoms with E-state index in [9.17, 15) is 9.59 Å². The molecule has 1 aliphatic carbocycles. The van der Waals surface area contributed by atoms with Crippen molar-refractivity contribution in [2.75, 3.05) is 11.5 Å². The van der Waals surface area contributed by atoms with Gasteiger partial charge in [0.15, 0.2) is 0 Å². The van der Waals surface area contributed by atoms with Gasteiger partial charge in [0.1, 0.15) is 12.2 Å². The summed E-state index contributed by atoms with van der Waals surface area (Å²) in [6.07, 6.45) is 2.81. The van der Waals surface area contributed by atoms with Gasteiger partial charge in [-0.2, -0.15) is 25.3 Å². The van der Waals surface area contributed by atoms with Gasteiger partial charge in [0.25, 0.3) is 0 Å². The zero-order valence-electron chi connectivity index (χ0n) is 8.92. The second kappa shape index (κ2) is 7.06. The zero-order valence-corrected chi connectivity index (χ0v) is 10.7. The molecule has 0 spiro atoms. The molecule has 0 bridgehead atoms. The first-order chi connectivity index (χ1) is 7.67. The third-order valence-electron chi connectivity index (χ3n) is 2.47.